The summed E-state index contributed by atoms with van der Waals surface area (Å²) < 4.78 is 5.15. The Morgan fingerprint density at radius 3 is 2.15 bits per heavy atom. The molecule has 0 saturated heterocycles. The Kier molecular flexibility index (Phi) is 4.40. The van der Waals surface area contributed by atoms with E-state index in [1.54, 1.807) is 6.92 Å². The zero-order valence-electron chi connectivity index (χ0n) is 9.13. The van der Waals surface area contributed by atoms with Crippen molar-refractivity contribution in [2.45, 2.75) is 52.7 Å². The van der Waals surface area contributed by atoms with E-state index in [1.165, 1.54) is 0 Å². The molecule has 0 bridgehead atoms. The van der Waals surface area contributed by atoms with Crippen LogP contribution in [0.25, 0.3) is 0 Å². The lowest BCUT2D eigenvalue weighted by Crippen LogP contribution is -2.33. The van der Waals surface area contributed by atoms with Gasteiger partial charge >= 0.3 is 5.97 Å². The topological polar surface area (TPSA) is 46.5 Å². The molecule has 0 aliphatic carbocycles. The quantitative estimate of drug-likeness (QED) is 0.686. The van der Waals surface area contributed by atoms with Crippen LogP contribution in [-0.2, 0) is 9.53 Å². The first-order valence-electron chi connectivity index (χ1n) is 4.69. The second-order valence-electron chi connectivity index (χ2n) is 4.29. The number of esters is 1. The molecule has 0 aromatic rings. The number of ether oxygens (including phenoxy) is 1. The molecule has 0 aliphatic heterocycles. The van der Waals surface area contributed by atoms with Crippen LogP contribution in [0.3, 0.4) is 0 Å². The highest BCUT2D eigenvalue weighted by Gasteiger charge is 2.26. The largest absolute Gasteiger partial charge is 0.460 e. The number of aliphatic hydroxyl groups excluding tert-OH is 1. The van der Waals surface area contributed by atoms with Gasteiger partial charge in [0, 0.05) is 0 Å². The summed E-state index contributed by atoms with van der Waals surface area (Å²) in [5.41, 5.74) is -0.473. The van der Waals surface area contributed by atoms with Gasteiger partial charge in [-0.15, -0.1) is 0 Å². The molecular weight excluding hydrogens is 168 g/mol. The first-order valence-corrected chi connectivity index (χ1v) is 4.69. The maximum absolute atomic E-state index is 11.4. The number of aliphatic hydroxyl groups is 1. The zero-order valence-corrected chi connectivity index (χ0v) is 9.13. The third kappa shape index (κ3) is 4.88. The molecule has 2 atom stereocenters. The van der Waals surface area contributed by atoms with Crippen molar-refractivity contribution in [3.05, 3.63) is 0 Å². The van der Waals surface area contributed by atoms with Gasteiger partial charge in [-0.1, -0.05) is 6.92 Å². The van der Waals surface area contributed by atoms with Gasteiger partial charge in [-0.3, -0.25) is 4.79 Å². The molecule has 3 heteroatoms. The molecule has 0 saturated carbocycles. The van der Waals surface area contributed by atoms with Gasteiger partial charge in [0.25, 0.3) is 0 Å². The smallest absolute Gasteiger partial charge is 0.312 e. The second kappa shape index (κ2) is 4.61. The molecule has 0 unspecified atom stereocenters. The van der Waals surface area contributed by atoms with E-state index in [2.05, 4.69) is 0 Å². The van der Waals surface area contributed by atoms with E-state index in [0.717, 1.165) is 0 Å². The SMILES string of the molecule is CC[C@H](C(=O)OC(C)(C)C)[C@H](C)O. The molecule has 0 aliphatic rings. The van der Waals surface area contributed by atoms with Crippen molar-refractivity contribution < 1.29 is 14.6 Å². The van der Waals surface area contributed by atoms with Crippen LogP contribution in [0.15, 0.2) is 0 Å². The Bertz CT molecular complexity index is 167. The van der Waals surface area contributed by atoms with Gasteiger partial charge < -0.3 is 9.84 Å². The van der Waals surface area contributed by atoms with Crippen molar-refractivity contribution in [1.82, 2.24) is 0 Å². The molecule has 0 aromatic heterocycles. The van der Waals surface area contributed by atoms with Crippen LogP contribution in [0.5, 0.6) is 0 Å². The standard InChI is InChI=1S/C10H20O3/c1-6-8(7(2)11)9(12)13-10(3,4)5/h7-8,11H,6H2,1-5H3/t7-,8-/m0/s1. The monoisotopic (exact) mass is 188 g/mol. The van der Waals surface area contributed by atoms with Crippen LogP contribution >= 0.6 is 0 Å². The van der Waals surface area contributed by atoms with Crippen LogP contribution in [0.4, 0.5) is 0 Å². The molecule has 78 valence electrons. The second-order valence-corrected chi connectivity index (χ2v) is 4.29. The Labute approximate surface area is 80.1 Å². The summed E-state index contributed by atoms with van der Waals surface area (Å²) in [4.78, 5) is 11.4. The van der Waals surface area contributed by atoms with Gasteiger partial charge in [0.05, 0.1) is 12.0 Å². The summed E-state index contributed by atoms with van der Waals surface area (Å²) in [6, 6.07) is 0. The predicted molar refractivity (Wildman–Crippen MR) is 51.3 cm³/mol. The van der Waals surface area contributed by atoms with Crippen LogP contribution < -0.4 is 0 Å². The number of rotatable bonds is 3. The Hall–Kier alpha value is -0.570. The van der Waals surface area contributed by atoms with Crippen molar-refractivity contribution in [2.75, 3.05) is 0 Å². The average molecular weight is 188 g/mol. The molecule has 3 nitrogen and oxygen atoms in total. The summed E-state index contributed by atoms with van der Waals surface area (Å²) in [5, 5.41) is 9.28. The summed E-state index contributed by atoms with van der Waals surface area (Å²) in [6.45, 7) is 8.93. The van der Waals surface area contributed by atoms with Crippen LogP contribution in [0.2, 0.25) is 0 Å². The Morgan fingerprint density at radius 2 is 1.92 bits per heavy atom. The van der Waals surface area contributed by atoms with E-state index < -0.39 is 17.6 Å². The first kappa shape index (κ1) is 12.4. The summed E-state index contributed by atoms with van der Waals surface area (Å²) in [5.74, 6) is -0.718. The molecule has 0 heterocycles. The van der Waals surface area contributed by atoms with Gasteiger partial charge in [-0.25, -0.2) is 0 Å². The molecule has 0 rings (SSSR count). The lowest BCUT2D eigenvalue weighted by Gasteiger charge is -2.24. The highest BCUT2D eigenvalue weighted by molar-refractivity contribution is 5.73. The van der Waals surface area contributed by atoms with E-state index in [-0.39, 0.29) is 5.97 Å². The van der Waals surface area contributed by atoms with Crippen molar-refractivity contribution in [3.8, 4) is 0 Å². The molecule has 13 heavy (non-hydrogen) atoms. The van der Waals surface area contributed by atoms with E-state index >= 15 is 0 Å². The van der Waals surface area contributed by atoms with E-state index in [4.69, 9.17) is 4.74 Å². The molecule has 0 fully saturated rings. The fraction of sp³-hybridized carbons (Fsp3) is 0.900. The summed E-state index contributed by atoms with van der Waals surface area (Å²) >= 11 is 0. The lowest BCUT2D eigenvalue weighted by atomic mass is 10.0. The summed E-state index contributed by atoms with van der Waals surface area (Å²) in [6.07, 6.45) is -0.0353. The van der Waals surface area contributed by atoms with Crippen molar-refractivity contribution in [1.29, 1.82) is 0 Å². The van der Waals surface area contributed by atoms with Crippen LogP contribution in [0, 0.1) is 5.92 Å². The van der Waals surface area contributed by atoms with Crippen molar-refractivity contribution in [3.63, 3.8) is 0 Å². The lowest BCUT2D eigenvalue weighted by molar-refractivity contribution is -0.163. The highest BCUT2D eigenvalue weighted by atomic mass is 16.6. The minimum Gasteiger partial charge on any atom is -0.460 e. The summed E-state index contributed by atoms with van der Waals surface area (Å²) in [7, 11) is 0. The minimum atomic E-state index is -0.639. The van der Waals surface area contributed by atoms with E-state index in [1.807, 2.05) is 27.7 Å². The van der Waals surface area contributed by atoms with Crippen LogP contribution in [-0.4, -0.2) is 22.8 Å². The van der Waals surface area contributed by atoms with Gasteiger partial charge in [0.1, 0.15) is 5.60 Å². The third-order valence-electron chi connectivity index (χ3n) is 1.73. The van der Waals surface area contributed by atoms with Crippen molar-refractivity contribution >= 4 is 5.97 Å². The Balaban J connectivity index is 4.23. The van der Waals surface area contributed by atoms with Gasteiger partial charge in [-0.05, 0) is 34.1 Å². The zero-order chi connectivity index (χ0) is 10.6. The fourth-order valence-electron chi connectivity index (χ4n) is 1.08. The Morgan fingerprint density at radius 1 is 1.46 bits per heavy atom. The first-order chi connectivity index (χ1) is 5.78. The maximum Gasteiger partial charge on any atom is 0.312 e. The number of hydrogen-bond donors (Lipinski definition) is 1. The molecule has 0 spiro atoms. The highest BCUT2D eigenvalue weighted by Crippen LogP contribution is 2.16. The van der Waals surface area contributed by atoms with Gasteiger partial charge in [0.15, 0.2) is 0 Å². The number of carbonyl (C=O) groups excluding carboxylic acids is 1. The molecule has 1 N–H and O–H groups in total. The fourth-order valence-corrected chi connectivity index (χ4v) is 1.08. The average Bonchev–Trinajstić information content (AvgIpc) is 1.82. The van der Waals surface area contributed by atoms with Gasteiger partial charge in [-0.2, -0.15) is 0 Å². The van der Waals surface area contributed by atoms with Gasteiger partial charge in [0.2, 0.25) is 0 Å². The molecule has 0 aromatic carbocycles. The molecule has 0 radical (unpaired) electrons. The molecular formula is C10H20O3. The minimum absolute atomic E-state index is 0.315. The van der Waals surface area contributed by atoms with Crippen LogP contribution in [0.1, 0.15) is 41.0 Å². The van der Waals surface area contributed by atoms with E-state index in [9.17, 15) is 9.90 Å². The van der Waals surface area contributed by atoms with E-state index in [0.29, 0.717) is 6.42 Å². The maximum atomic E-state index is 11.4. The van der Waals surface area contributed by atoms with Crippen molar-refractivity contribution in [2.24, 2.45) is 5.92 Å². The third-order valence-corrected chi connectivity index (χ3v) is 1.73. The number of hydrogen-bond acceptors (Lipinski definition) is 3. The number of carbonyl (C=O) groups is 1. The normalized spacial score (nSPS) is 16.5. The predicted octanol–water partition coefficient (Wildman–Crippen LogP) is 1.74. The molecule has 0 amide bonds.